The summed E-state index contributed by atoms with van der Waals surface area (Å²) in [7, 11) is -3.32. The maximum Gasteiger partial charge on any atom is 0.216 e. The number of ether oxygens (including phenoxy) is 1. The second kappa shape index (κ2) is 7.07. The molecule has 1 aliphatic rings. The van der Waals surface area contributed by atoms with Crippen LogP contribution in [-0.2, 0) is 14.8 Å². The fourth-order valence-corrected chi connectivity index (χ4v) is 3.88. The number of sulfonamides is 1. The van der Waals surface area contributed by atoms with E-state index in [9.17, 15) is 8.42 Å². The van der Waals surface area contributed by atoms with Gasteiger partial charge in [0.05, 0.1) is 17.9 Å². The van der Waals surface area contributed by atoms with Crippen molar-refractivity contribution < 1.29 is 13.2 Å². The van der Waals surface area contributed by atoms with Crippen LogP contribution in [0.15, 0.2) is 0 Å². The maximum atomic E-state index is 12.3. The molecule has 0 bridgehead atoms. The first kappa shape index (κ1) is 15.4. The van der Waals surface area contributed by atoms with Crippen molar-refractivity contribution in [3.63, 3.8) is 0 Å². The Morgan fingerprint density at radius 3 is 2.72 bits per heavy atom. The summed E-state index contributed by atoms with van der Waals surface area (Å²) in [5, 5.41) is 8.60. The standard InChI is InChI=1S/C12H22N2O3S/c1-11(2)9-14(7-4-6-13)18(15,16)10-12-5-3-8-17-12/h11-12H,3-5,7-10H2,1-2H3. The Bertz CT molecular complexity index is 381. The summed E-state index contributed by atoms with van der Waals surface area (Å²) in [4.78, 5) is 0. The average molecular weight is 274 g/mol. The van der Waals surface area contributed by atoms with Crippen molar-refractivity contribution in [3.8, 4) is 6.07 Å². The van der Waals surface area contributed by atoms with E-state index in [0.717, 1.165) is 12.8 Å². The van der Waals surface area contributed by atoms with Gasteiger partial charge in [-0.3, -0.25) is 0 Å². The van der Waals surface area contributed by atoms with Gasteiger partial charge in [-0.25, -0.2) is 12.7 Å². The van der Waals surface area contributed by atoms with Crippen molar-refractivity contribution in [2.24, 2.45) is 5.92 Å². The van der Waals surface area contributed by atoms with Gasteiger partial charge in [0.1, 0.15) is 0 Å². The smallest absolute Gasteiger partial charge is 0.216 e. The van der Waals surface area contributed by atoms with Crippen LogP contribution in [0.2, 0.25) is 0 Å². The third-order valence-electron chi connectivity index (χ3n) is 2.86. The van der Waals surface area contributed by atoms with Crippen molar-refractivity contribution >= 4 is 10.0 Å². The van der Waals surface area contributed by atoms with Gasteiger partial charge in [-0.05, 0) is 18.8 Å². The van der Waals surface area contributed by atoms with Gasteiger partial charge in [0.2, 0.25) is 10.0 Å². The van der Waals surface area contributed by atoms with Gasteiger partial charge in [0, 0.05) is 26.1 Å². The number of nitrogens with zero attached hydrogens (tertiary/aromatic N) is 2. The van der Waals surface area contributed by atoms with Crippen molar-refractivity contribution in [3.05, 3.63) is 0 Å². The van der Waals surface area contributed by atoms with Crippen LogP contribution in [0.5, 0.6) is 0 Å². The molecule has 0 saturated carbocycles. The molecule has 1 aliphatic heterocycles. The Kier molecular flexibility index (Phi) is 6.06. The predicted molar refractivity (Wildman–Crippen MR) is 69.4 cm³/mol. The van der Waals surface area contributed by atoms with E-state index in [0.29, 0.717) is 13.2 Å². The number of rotatable bonds is 7. The van der Waals surface area contributed by atoms with Crippen molar-refractivity contribution in [1.82, 2.24) is 4.31 Å². The zero-order valence-corrected chi connectivity index (χ0v) is 11.9. The largest absolute Gasteiger partial charge is 0.377 e. The molecular formula is C12H22N2O3S. The maximum absolute atomic E-state index is 12.3. The molecule has 1 fully saturated rings. The van der Waals surface area contributed by atoms with E-state index in [1.807, 2.05) is 19.9 Å². The fraction of sp³-hybridized carbons (Fsp3) is 0.917. The van der Waals surface area contributed by atoms with Crippen LogP contribution in [0.3, 0.4) is 0 Å². The molecule has 0 aromatic heterocycles. The molecular weight excluding hydrogens is 252 g/mol. The van der Waals surface area contributed by atoms with Gasteiger partial charge in [-0.2, -0.15) is 5.26 Å². The third kappa shape index (κ3) is 4.92. The van der Waals surface area contributed by atoms with E-state index in [4.69, 9.17) is 10.00 Å². The summed E-state index contributed by atoms with van der Waals surface area (Å²) in [5.74, 6) is 0.300. The molecule has 1 saturated heterocycles. The van der Waals surface area contributed by atoms with Gasteiger partial charge in [-0.1, -0.05) is 13.8 Å². The van der Waals surface area contributed by atoms with Crippen molar-refractivity contribution in [2.75, 3.05) is 25.4 Å². The Hall–Kier alpha value is -0.640. The molecule has 0 amide bonds. The summed E-state index contributed by atoms with van der Waals surface area (Å²) < 4.78 is 31.3. The molecule has 1 heterocycles. The molecule has 18 heavy (non-hydrogen) atoms. The van der Waals surface area contributed by atoms with Crippen LogP contribution in [0.25, 0.3) is 0 Å². The Balaban J connectivity index is 2.65. The molecule has 0 spiro atoms. The summed E-state index contributed by atoms with van der Waals surface area (Å²) in [6.45, 7) is 5.35. The van der Waals surface area contributed by atoms with E-state index >= 15 is 0 Å². The van der Waals surface area contributed by atoms with E-state index in [1.54, 1.807) is 0 Å². The van der Waals surface area contributed by atoms with Crippen LogP contribution < -0.4 is 0 Å². The summed E-state index contributed by atoms with van der Waals surface area (Å²) in [6.07, 6.45) is 1.80. The zero-order valence-electron chi connectivity index (χ0n) is 11.1. The highest BCUT2D eigenvalue weighted by Crippen LogP contribution is 2.17. The highest BCUT2D eigenvalue weighted by Gasteiger charge is 2.28. The second-order valence-electron chi connectivity index (χ2n) is 5.07. The molecule has 104 valence electrons. The molecule has 1 unspecified atom stereocenters. The molecule has 5 nitrogen and oxygen atoms in total. The highest BCUT2D eigenvalue weighted by atomic mass is 32.2. The lowest BCUT2D eigenvalue weighted by Crippen LogP contribution is -2.39. The molecule has 1 atom stereocenters. The first-order valence-corrected chi connectivity index (χ1v) is 8.03. The highest BCUT2D eigenvalue weighted by molar-refractivity contribution is 7.89. The third-order valence-corrected chi connectivity index (χ3v) is 4.77. The van der Waals surface area contributed by atoms with Gasteiger partial charge in [0.25, 0.3) is 0 Å². The lowest BCUT2D eigenvalue weighted by molar-refractivity contribution is 0.126. The van der Waals surface area contributed by atoms with E-state index < -0.39 is 10.0 Å². The lowest BCUT2D eigenvalue weighted by atomic mass is 10.2. The number of hydrogen-bond donors (Lipinski definition) is 0. The molecule has 0 radical (unpaired) electrons. The average Bonchev–Trinajstić information content (AvgIpc) is 2.75. The second-order valence-corrected chi connectivity index (χ2v) is 7.09. The Morgan fingerprint density at radius 1 is 1.50 bits per heavy atom. The zero-order chi connectivity index (χ0) is 13.6. The monoisotopic (exact) mass is 274 g/mol. The summed E-state index contributed by atoms with van der Waals surface area (Å²) >= 11 is 0. The molecule has 1 rings (SSSR count). The van der Waals surface area contributed by atoms with E-state index in [1.165, 1.54) is 4.31 Å². The number of nitriles is 1. The van der Waals surface area contributed by atoms with E-state index in [-0.39, 0.29) is 30.7 Å². The first-order chi connectivity index (χ1) is 8.45. The van der Waals surface area contributed by atoms with Gasteiger partial charge in [-0.15, -0.1) is 0 Å². The van der Waals surface area contributed by atoms with Crippen molar-refractivity contribution in [1.29, 1.82) is 5.26 Å². The summed E-state index contributed by atoms with van der Waals surface area (Å²) in [6, 6.07) is 2.00. The Morgan fingerprint density at radius 2 is 2.22 bits per heavy atom. The molecule has 0 N–H and O–H groups in total. The predicted octanol–water partition coefficient (Wildman–Crippen LogP) is 1.37. The van der Waals surface area contributed by atoms with Gasteiger partial charge >= 0.3 is 0 Å². The van der Waals surface area contributed by atoms with Gasteiger partial charge < -0.3 is 4.74 Å². The number of hydrogen-bond acceptors (Lipinski definition) is 4. The van der Waals surface area contributed by atoms with Crippen LogP contribution >= 0.6 is 0 Å². The first-order valence-electron chi connectivity index (χ1n) is 6.42. The molecule has 0 aromatic carbocycles. The lowest BCUT2D eigenvalue weighted by Gasteiger charge is -2.24. The van der Waals surface area contributed by atoms with Crippen LogP contribution in [0.4, 0.5) is 0 Å². The summed E-state index contributed by atoms with van der Waals surface area (Å²) in [5.41, 5.74) is 0. The fourth-order valence-electron chi connectivity index (χ4n) is 2.04. The minimum absolute atomic E-state index is 0.0468. The van der Waals surface area contributed by atoms with Crippen LogP contribution in [-0.4, -0.2) is 44.3 Å². The minimum Gasteiger partial charge on any atom is -0.377 e. The van der Waals surface area contributed by atoms with E-state index in [2.05, 4.69) is 0 Å². The van der Waals surface area contributed by atoms with Gasteiger partial charge in [0.15, 0.2) is 0 Å². The molecule has 0 aliphatic carbocycles. The quantitative estimate of drug-likeness (QED) is 0.703. The van der Waals surface area contributed by atoms with Crippen LogP contribution in [0.1, 0.15) is 33.1 Å². The molecule has 6 heteroatoms. The molecule has 0 aromatic rings. The van der Waals surface area contributed by atoms with Crippen molar-refractivity contribution in [2.45, 2.75) is 39.2 Å². The topological polar surface area (TPSA) is 70.4 Å². The SMILES string of the molecule is CC(C)CN(CCC#N)S(=O)(=O)CC1CCCO1. The minimum atomic E-state index is -3.32. The van der Waals surface area contributed by atoms with Crippen LogP contribution in [0, 0.1) is 17.2 Å². The normalized spacial score (nSPS) is 20.5. The Labute approximate surface area is 110 Å².